The number of rotatable bonds is 10. The molecule has 25 heavy (non-hydrogen) atoms. The van der Waals surface area contributed by atoms with Crippen LogP contribution in [0.25, 0.3) is 11.1 Å². The smallest absolute Gasteiger partial charge is 0.191 e. The number of hydrogen-bond acceptors (Lipinski definition) is 2. The first-order valence-corrected chi connectivity index (χ1v) is 10.1. The Bertz CT molecular complexity index is 651. The van der Waals surface area contributed by atoms with E-state index in [0.29, 0.717) is 5.56 Å². The third-order valence-corrected chi connectivity index (χ3v) is 4.69. The molecule has 0 bridgehead atoms. The Labute approximate surface area is 163 Å². The van der Waals surface area contributed by atoms with E-state index in [1.54, 1.807) is 12.1 Å². The van der Waals surface area contributed by atoms with Crippen molar-refractivity contribution in [3.05, 3.63) is 54.1 Å². The minimum absolute atomic E-state index is 0.129. The summed E-state index contributed by atoms with van der Waals surface area (Å²) in [6.07, 6.45) is 6.19. The molecule has 0 fully saturated rings. The van der Waals surface area contributed by atoms with E-state index in [0.717, 1.165) is 29.9 Å². The van der Waals surface area contributed by atoms with Crippen LogP contribution in [0.15, 0.2) is 48.5 Å². The fourth-order valence-corrected chi connectivity index (χ4v) is 2.98. The van der Waals surface area contributed by atoms with Crippen LogP contribution in [0.4, 0.5) is 0 Å². The molecule has 0 saturated heterocycles. The highest BCUT2D eigenvalue weighted by Gasteiger charge is 2.13. The lowest BCUT2D eigenvalue weighted by atomic mass is 10.0. The zero-order valence-corrected chi connectivity index (χ0v) is 16.9. The van der Waals surface area contributed by atoms with E-state index in [2.05, 4.69) is 22.9 Å². The molecule has 0 heterocycles. The van der Waals surface area contributed by atoms with Crippen molar-refractivity contribution in [1.82, 2.24) is 0 Å². The van der Waals surface area contributed by atoms with Crippen LogP contribution in [0, 0.1) is 0 Å². The highest BCUT2D eigenvalue weighted by atomic mass is 79.9. The van der Waals surface area contributed by atoms with Crippen LogP contribution >= 0.6 is 27.5 Å². The quantitative estimate of drug-likeness (QED) is 0.237. The Balaban J connectivity index is 1.88. The lowest BCUT2D eigenvalue weighted by Crippen LogP contribution is -2.06. The van der Waals surface area contributed by atoms with Crippen LogP contribution in [0.5, 0.6) is 5.75 Å². The largest absolute Gasteiger partial charge is 0.494 e. The molecule has 0 N–H and O–H groups in total. The number of Topliss-reactive ketones (excluding diaryl/α,β-unsaturated/α-hetero) is 1. The van der Waals surface area contributed by atoms with Crippen molar-refractivity contribution < 1.29 is 9.53 Å². The zero-order valence-electron chi connectivity index (χ0n) is 14.5. The van der Waals surface area contributed by atoms with Crippen molar-refractivity contribution >= 4 is 33.3 Å². The second-order valence-corrected chi connectivity index (χ2v) is 7.91. The summed E-state index contributed by atoms with van der Waals surface area (Å²) in [6.45, 7) is 2.99. The minimum Gasteiger partial charge on any atom is -0.494 e. The summed E-state index contributed by atoms with van der Waals surface area (Å²) in [7, 11) is 0. The normalized spacial score (nSPS) is 12.0. The van der Waals surface area contributed by atoms with E-state index in [9.17, 15) is 4.79 Å². The zero-order chi connectivity index (χ0) is 18.1. The first-order chi connectivity index (χ1) is 12.1. The Morgan fingerprint density at radius 2 is 1.52 bits per heavy atom. The van der Waals surface area contributed by atoms with Crippen molar-refractivity contribution in [2.24, 2.45) is 0 Å². The number of halogens is 2. The van der Waals surface area contributed by atoms with Gasteiger partial charge in [0.15, 0.2) is 10.1 Å². The maximum absolute atomic E-state index is 11.8. The van der Waals surface area contributed by atoms with E-state index in [1.807, 2.05) is 36.4 Å². The molecule has 4 heteroatoms. The van der Waals surface area contributed by atoms with Crippen LogP contribution in [0.2, 0.25) is 0 Å². The van der Waals surface area contributed by atoms with E-state index >= 15 is 0 Å². The Morgan fingerprint density at radius 1 is 0.960 bits per heavy atom. The first-order valence-electron chi connectivity index (χ1n) is 8.77. The molecule has 0 aromatic heterocycles. The van der Waals surface area contributed by atoms with Crippen LogP contribution in [-0.4, -0.2) is 16.7 Å². The number of alkyl halides is 2. The number of ether oxygens (including phenoxy) is 1. The number of carbonyl (C=O) groups is 1. The summed E-state index contributed by atoms with van der Waals surface area (Å²) in [6, 6.07) is 15.5. The van der Waals surface area contributed by atoms with E-state index in [-0.39, 0.29) is 5.78 Å². The third-order valence-electron chi connectivity index (χ3n) is 4.07. The van der Waals surface area contributed by atoms with Gasteiger partial charge in [0.05, 0.1) is 6.61 Å². The Hall–Kier alpha value is -1.32. The third kappa shape index (κ3) is 6.48. The fraction of sp³-hybridized carbons (Fsp3) is 0.381. The van der Waals surface area contributed by atoms with Gasteiger partial charge in [-0.3, -0.25) is 4.79 Å². The molecule has 134 valence electrons. The summed E-state index contributed by atoms with van der Waals surface area (Å²) >= 11 is 8.86. The molecular formula is C21H24BrClO2. The summed E-state index contributed by atoms with van der Waals surface area (Å²) in [5.41, 5.74) is 2.75. The van der Waals surface area contributed by atoms with E-state index < -0.39 is 4.29 Å². The van der Waals surface area contributed by atoms with Gasteiger partial charge in [-0.15, -0.1) is 11.6 Å². The highest BCUT2D eigenvalue weighted by molar-refractivity contribution is 9.10. The molecule has 1 atom stereocenters. The molecule has 0 saturated carbocycles. The fourth-order valence-electron chi connectivity index (χ4n) is 2.59. The van der Waals surface area contributed by atoms with Crippen molar-refractivity contribution in [3.8, 4) is 16.9 Å². The lowest BCUT2D eigenvalue weighted by molar-refractivity contribution is 0.101. The van der Waals surface area contributed by atoms with Gasteiger partial charge in [-0.05, 0) is 29.7 Å². The number of ketones is 1. The Morgan fingerprint density at radius 3 is 2.08 bits per heavy atom. The van der Waals surface area contributed by atoms with E-state index in [1.165, 1.54) is 25.7 Å². The highest BCUT2D eigenvalue weighted by Crippen LogP contribution is 2.24. The lowest BCUT2D eigenvalue weighted by Gasteiger charge is -2.08. The molecule has 2 rings (SSSR count). The molecule has 0 amide bonds. The first kappa shape index (κ1) is 20.0. The van der Waals surface area contributed by atoms with Gasteiger partial charge >= 0.3 is 0 Å². The van der Waals surface area contributed by atoms with Gasteiger partial charge in [-0.25, -0.2) is 0 Å². The van der Waals surface area contributed by atoms with Crippen molar-refractivity contribution in [1.29, 1.82) is 0 Å². The summed E-state index contributed by atoms with van der Waals surface area (Å²) in [5.74, 6) is 0.770. The second-order valence-electron chi connectivity index (χ2n) is 6.03. The van der Waals surface area contributed by atoms with E-state index in [4.69, 9.17) is 16.3 Å². The average Bonchev–Trinajstić information content (AvgIpc) is 2.64. The number of benzene rings is 2. The second kappa shape index (κ2) is 10.6. The number of hydrogen-bond donors (Lipinski definition) is 0. The van der Waals surface area contributed by atoms with Gasteiger partial charge in [0.2, 0.25) is 0 Å². The molecular weight excluding hydrogens is 400 g/mol. The van der Waals surface area contributed by atoms with Crippen LogP contribution in [-0.2, 0) is 0 Å². The standard InChI is InChI=1S/C21H24BrClO2/c1-2-3-4-5-6-15-25-19-13-11-17(12-14-19)16-7-9-18(10-8-16)20(24)21(22)23/h7-14,21H,2-6,15H2,1H3. The maximum atomic E-state index is 11.8. The molecule has 0 aliphatic rings. The van der Waals surface area contributed by atoms with Gasteiger partial charge in [0.25, 0.3) is 0 Å². The van der Waals surface area contributed by atoms with Crippen LogP contribution < -0.4 is 4.74 Å². The molecule has 0 aliphatic carbocycles. The predicted molar refractivity (Wildman–Crippen MR) is 109 cm³/mol. The van der Waals surface area contributed by atoms with Crippen LogP contribution in [0.3, 0.4) is 0 Å². The molecule has 2 aromatic carbocycles. The summed E-state index contributed by atoms with van der Waals surface area (Å²) in [4.78, 5) is 11.8. The van der Waals surface area contributed by atoms with Gasteiger partial charge in [-0.1, -0.05) is 84.9 Å². The molecule has 0 radical (unpaired) electrons. The molecule has 1 unspecified atom stereocenters. The topological polar surface area (TPSA) is 26.3 Å². The predicted octanol–water partition coefficient (Wildman–Crippen LogP) is 6.85. The van der Waals surface area contributed by atoms with Crippen molar-refractivity contribution in [2.45, 2.75) is 43.3 Å². The SMILES string of the molecule is CCCCCCCOc1ccc(-c2ccc(C(=O)C(Cl)Br)cc2)cc1. The van der Waals surface area contributed by atoms with Crippen molar-refractivity contribution in [2.75, 3.05) is 6.61 Å². The van der Waals surface area contributed by atoms with Gasteiger partial charge in [0, 0.05) is 5.56 Å². The monoisotopic (exact) mass is 422 g/mol. The Kier molecular flexibility index (Phi) is 8.50. The molecule has 0 spiro atoms. The van der Waals surface area contributed by atoms with Crippen molar-refractivity contribution in [3.63, 3.8) is 0 Å². The summed E-state index contributed by atoms with van der Waals surface area (Å²) in [5, 5.41) is 0. The number of unbranched alkanes of at least 4 members (excludes halogenated alkanes) is 4. The van der Waals surface area contributed by atoms with Gasteiger partial charge < -0.3 is 4.74 Å². The molecule has 2 nitrogen and oxygen atoms in total. The summed E-state index contributed by atoms with van der Waals surface area (Å²) < 4.78 is 5.11. The van der Waals surface area contributed by atoms with Crippen LogP contribution in [0.1, 0.15) is 49.4 Å². The number of carbonyl (C=O) groups excluding carboxylic acids is 1. The van der Waals surface area contributed by atoms with Gasteiger partial charge in [-0.2, -0.15) is 0 Å². The average molecular weight is 424 g/mol. The van der Waals surface area contributed by atoms with Gasteiger partial charge in [0.1, 0.15) is 5.75 Å². The molecule has 0 aliphatic heterocycles. The maximum Gasteiger partial charge on any atom is 0.191 e. The minimum atomic E-state index is -0.684. The molecule has 2 aromatic rings.